The molecule has 2 atom stereocenters. The van der Waals surface area contributed by atoms with Crippen molar-refractivity contribution in [3.05, 3.63) is 34.9 Å². The molecule has 0 saturated heterocycles. The van der Waals surface area contributed by atoms with Crippen molar-refractivity contribution in [3.63, 3.8) is 0 Å². The molecule has 2 unspecified atom stereocenters. The van der Waals surface area contributed by atoms with E-state index in [1.165, 1.54) is 6.07 Å². The number of hydrogen-bond acceptors (Lipinski definition) is 4. The molecule has 0 radical (unpaired) electrons. The van der Waals surface area contributed by atoms with E-state index in [0.29, 0.717) is 16.7 Å². The summed E-state index contributed by atoms with van der Waals surface area (Å²) in [6.07, 6.45) is -3.08. The zero-order chi connectivity index (χ0) is 12.3. The molecule has 1 rings (SSSR count). The van der Waals surface area contributed by atoms with Crippen LogP contribution in [0.25, 0.3) is 0 Å². The molecule has 16 heavy (non-hydrogen) atoms. The molecule has 0 saturated carbocycles. The van der Waals surface area contributed by atoms with E-state index in [0.717, 1.165) is 0 Å². The third-order valence-corrected chi connectivity index (χ3v) is 2.41. The fourth-order valence-corrected chi connectivity index (χ4v) is 1.42. The Bertz CT molecular complexity index is 451. The molecule has 0 bridgehead atoms. The van der Waals surface area contributed by atoms with Crippen LogP contribution < -0.4 is 5.73 Å². The Morgan fingerprint density at radius 1 is 1.50 bits per heavy atom. The zero-order valence-electron chi connectivity index (χ0n) is 8.71. The number of nitrogens with two attached hydrogens (primary N) is 1. The van der Waals surface area contributed by atoms with Gasteiger partial charge in [-0.15, -0.1) is 0 Å². The second kappa shape index (κ2) is 4.75. The van der Waals surface area contributed by atoms with Crippen LogP contribution in [0.1, 0.15) is 22.8 Å². The fraction of sp³-hybridized carbons (Fsp3) is 0.273. The third kappa shape index (κ3) is 2.19. The molecule has 0 spiro atoms. The van der Waals surface area contributed by atoms with E-state index in [2.05, 4.69) is 0 Å². The van der Waals surface area contributed by atoms with Crippen molar-refractivity contribution in [1.82, 2.24) is 0 Å². The van der Waals surface area contributed by atoms with Crippen molar-refractivity contribution < 1.29 is 15.0 Å². The van der Waals surface area contributed by atoms with Gasteiger partial charge in [0.25, 0.3) is 0 Å². The summed E-state index contributed by atoms with van der Waals surface area (Å²) in [7, 11) is 0. The highest BCUT2D eigenvalue weighted by Crippen LogP contribution is 2.22. The Labute approximate surface area is 92.7 Å². The molecule has 0 aliphatic heterocycles. The maximum atomic E-state index is 10.7. The first-order valence-electron chi connectivity index (χ1n) is 4.64. The molecular formula is C11H12N2O3. The van der Waals surface area contributed by atoms with Gasteiger partial charge in [0.2, 0.25) is 5.91 Å². The van der Waals surface area contributed by atoms with E-state index in [9.17, 15) is 15.0 Å². The number of nitriles is 1. The molecule has 84 valence electrons. The number of primary amides is 1. The van der Waals surface area contributed by atoms with Crippen LogP contribution in [0.2, 0.25) is 0 Å². The summed E-state index contributed by atoms with van der Waals surface area (Å²) in [5, 5.41) is 27.8. The Balaban J connectivity index is 3.15. The summed E-state index contributed by atoms with van der Waals surface area (Å²) in [6, 6.07) is 6.64. The first-order valence-corrected chi connectivity index (χ1v) is 4.64. The average molecular weight is 220 g/mol. The Kier molecular flexibility index (Phi) is 3.61. The van der Waals surface area contributed by atoms with Gasteiger partial charge in [-0.05, 0) is 24.1 Å². The minimum atomic E-state index is -1.67. The van der Waals surface area contributed by atoms with Gasteiger partial charge in [-0.3, -0.25) is 4.79 Å². The number of amides is 1. The number of carbonyl (C=O) groups excluding carboxylic acids is 1. The fourth-order valence-electron chi connectivity index (χ4n) is 1.42. The van der Waals surface area contributed by atoms with E-state index >= 15 is 0 Å². The van der Waals surface area contributed by atoms with E-state index in [1.54, 1.807) is 19.1 Å². The van der Waals surface area contributed by atoms with Crippen molar-refractivity contribution in [1.29, 1.82) is 5.26 Å². The first-order chi connectivity index (χ1) is 7.49. The topological polar surface area (TPSA) is 107 Å². The molecule has 1 aromatic rings. The van der Waals surface area contributed by atoms with Crippen LogP contribution >= 0.6 is 0 Å². The van der Waals surface area contributed by atoms with Crippen LogP contribution in [0.3, 0.4) is 0 Å². The molecule has 0 heterocycles. The maximum Gasteiger partial charge on any atom is 0.249 e. The highest BCUT2D eigenvalue weighted by molar-refractivity contribution is 5.79. The lowest BCUT2D eigenvalue weighted by atomic mass is 9.96. The van der Waals surface area contributed by atoms with Gasteiger partial charge in [-0.25, -0.2) is 0 Å². The van der Waals surface area contributed by atoms with E-state index in [4.69, 9.17) is 11.0 Å². The number of carbonyl (C=O) groups is 1. The molecule has 0 aromatic heterocycles. The standard InChI is InChI=1S/C11H12N2O3/c1-6-7(5-12)3-2-4-8(6)9(14)10(15)11(13)16/h2-4,9-10,14-15H,1H3,(H2,13,16). The van der Waals surface area contributed by atoms with Crippen molar-refractivity contribution in [2.45, 2.75) is 19.1 Å². The molecule has 1 amide bonds. The highest BCUT2D eigenvalue weighted by Gasteiger charge is 2.25. The van der Waals surface area contributed by atoms with Crippen LogP contribution in [-0.4, -0.2) is 22.2 Å². The summed E-state index contributed by atoms with van der Waals surface area (Å²) in [5.41, 5.74) is 6.11. The van der Waals surface area contributed by atoms with Crippen LogP contribution in [0, 0.1) is 18.3 Å². The van der Waals surface area contributed by atoms with Crippen LogP contribution in [0.4, 0.5) is 0 Å². The quantitative estimate of drug-likeness (QED) is 0.652. The van der Waals surface area contributed by atoms with E-state index in [-0.39, 0.29) is 0 Å². The minimum Gasteiger partial charge on any atom is -0.385 e. The van der Waals surface area contributed by atoms with Crippen molar-refractivity contribution in [3.8, 4) is 6.07 Å². The van der Waals surface area contributed by atoms with E-state index < -0.39 is 18.1 Å². The predicted molar refractivity (Wildman–Crippen MR) is 56.1 cm³/mol. The summed E-state index contributed by atoms with van der Waals surface area (Å²) < 4.78 is 0. The number of aliphatic hydroxyl groups is 2. The monoisotopic (exact) mass is 220 g/mol. The second-order valence-electron chi connectivity index (χ2n) is 3.42. The van der Waals surface area contributed by atoms with Gasteiger partial charge < -0.3 is 15.9 Å². The molecule has 0 fully saturated rings. The molecule has 5 heteroatoms. The van der Waals surface area contributed by atoms with Gasteiger partial charge in [-0.1, -0.05) is 12.1 Å². The lowest BCUT2D eigenvalue weighted by molar-refractivity contribution is -0.132. The van der Waals surface area contributed by atoms with Crippen LogP contribution in [0.15, 0.2) is 18.2 Å². The Morgan fingerprint density at radius 2 is 2.12 bits per heavy atom. The summed E-state index contributed by atoms with van der Waals surface area (Å²) in [6.45, 7) is 1.63. The zero-order valence-corrected chi connectivity index (χ0v) is 8.71. The molecule has 0 aliphatic carbocycles. The maximum absolute atomic E-state index is 10.7. The summed E-state index contributed by atoms with van der Waals surface area (Å²) in [4.78, 5) is 10.7. The Morgan fingerprint density at radius 3 is 2.62 bits per heavy atom. The van der Waals surface area contributed by atoms with Gasteiger partial charge in [0.05, 0.1) is 11.6 Å². The molecule has 4 N–H and O–H groups in total. The van der Waals surface area contributed by atoms with Gasteiger partial charge >= 0.3 is 0 Å². The van der Waals surface area contributed by atoms with E-state index in [1.807, 2.05) is 6.07 Å². The molecule has 0 aliphatic rings. The van der Waals surface area contributed by atoms with Crippen molar-refractivity contribution in [2.75, 3.05) is 0 Å². The first kappa shape index (κ1) is 12.2. The van der Waals surface area contributed by atoms with Crippen LogP contribution in [0.5, 0.6) is 0 Å². The molecular weight excluding hydrogens is 208 g/mol. The lowest BCUT2D eigenvalue weighted by Crippen LogP contribution is -2.34. The number of nitrogens with zero attached hydrogens (tertiary/aromatic N) is 1. The van der Waals surface area contributed by atoms with Gasteiger partial charge in [0.15, 0.2) is 6.10 Å². The SMILES string of the molecule is Cc1c(C#N)cccc1C(O)C(O)C(N)=O. The smallest absolute Gasteiger partial charge is 0.249 e. The lowest BCUT2D eigenvalue weighted by Gasteiger charge is -2.17. The summed E-state index contributed by atoms with van der Waals surface area (Å²) in [5.74, 6) is -1.01. The normalized spacial score (nSPS) is 13.9. The number of benzene rings is 1. The van der Waals surface area contributed by atoms with Crippen molar-refractivity contribution in [2.24, 2.45) is 5.73 Å². The predicted octanol–water partition coefficient (Wildman–Crippen LogP) is -0.254. The minimum absolute atomic E-state index is 0.324. The number of hydrogen-bond donors (Lipinski definition) is 3. The average Bonchev–Trinajstić information content (AvgIpc) is 2.27. The van der Waals surface area contributed by atoms with Crippen molar-refractivity contribution >= 4 is 5.91 Å². The summed E-state index contributed by atoms with van der Waals surface area (Å²) >= 11 is 0. The number of rotatable bonds is 3. The number of aliphatic hydroxyl groups excluding tert-OH is 2. The van der Waals surface area contributed by atoms with Gasteiger partial charge in [0.1, 0.15) is 6.10 Å². The second-order valence-corrected chi connectivity index (χ2v) is 3.42. The Hall–Kier alpha value is -1.90. The molecule has 5 nitrogen and oxygen atoms in total. The molecule has 1 aromatic carbocycles. The van der Waals surface area contributed by atoms with Gasteiger partial charge in [-0.2, -0.15) is 5.26 Å². The highest BCUT2D eigenvalue weighted by atomic mass is 16.3. The van der Waals surface area contributed by atoms with Crippen LogP contribution in [-0.2, 0) is 4.79 Å². The third-order valence-electron chi connectivity index (χ3n) is 2.41. The largest absolute Gasteiger partial charge is 0.385 e. The van der Waals surface area contributed by atoms with Gasteiger partial charge in [0, 0.05) is 0 Å².